The zero-order valence-electron chi connectivity index (χ0n) is 20.3. The fourth-order valence-electron chi connectivity index (χ4n) is 3.48. The lowest BCUT2D eigenvalue weighted by molar-refractivity contribution is -0.145. The topological polar surface area (TPSA) is 105 Å². The van der Waals surface area contributed by atoms with E-state index in [0.29, 0.717) is 29.2 Å². The van der Waals surface area contributed by atoms with Crippen molar-refractivity contribution in [3.05, 3.63) is 100 Å². The number of carboxylic acid groups (broad SMARTS) is 1. The number of para-hydroxylation sites is 1. The van der Waals surface area contributed by atoms with E-state index >= 15 is 0 Å². The Labute approximate surface area is 229 Å². The van der Waals surface area contributed by atoms with E-state index in [0.717, 1.165) is 22.3 Å². The first kappa shape index (κ1) is 26.9. The molecule has 1 atom stereocenters. The highest BCUT2D eigenvalue weighted by Crippen LogP contribution is 2.33. The monoisotopic (exact) mass is 548 g/mol. The Morgan fingerprint density at radius 2 is 1.74 bits per heavy atom. The van der Waals surface area contributed by atoms with Crippen molar-refractivity contribution in [1.29, 1.82) is 0 Å². The normalized spacial score (nSPS) is 14.9. The molecule has 1 aliphatic heterocycles. The second-order valence-electron chi connectivity index (χ2n) is 8.15. The van der Waals surface area contributed by atoms with Gasteiger partial charge in [0, 0.05) is 11.1 Å². The zero-order valence-corrected chi connectivity index (χ0v) is 22.0. The molecule has 0 spiro atoms. The third-order valence-corrected chi connectivity index (χ3v) is 6.80. The molecule has 2 N–H and O–H groups in total. The quantitative estimate of drug-likeness (QED) is 0.268. The highest BCUT2D eigenvalue weighted by Gasteiger charge is 2.34. The molecule has 38 heavy (non-hydrogen) atoms. The van der Waals surface area contributed by atoms with Gasteiger partial charge in [-0.05, 0) is 60.6 Å². The number of rotatable bonds is 10. The predicted molar refractivity (Wildman–Crippen MR) is 148 cm³/mol. The van der Waals surface area contributed by atoms with Crippen LogP contribution in [0.25, 0.3) is 6.08 Å². The molecule has 1 unspecified atom stereocenters. The van der Waals surface area contributed by atoms with Gasteiger partial charge in [-0.25, -0.2) is 4.79 Å². The molecule has 2 amide bonds. The number of carbonyl (C=O) groups is 3. The summed E-state index contributed by atoms with van der Waals surface area (Å²) in [5, 5.41) is 10.3. The summed E-state index contributed by atoms with van der Waals surface area (Å²) in [5.74, 6) is -1.16. The number of hydrogen-bond donors (Lipinski definition) is 2. The summed E-state index contributed by atoms with van der Waals surface area (Å²) in [6.45, 7) is 2.11. The molecule has 10 heteroatoms. The first-order chi connectivity index (χ1) is 18.4. The first-order valence-corrected chi connectivity index (χ1v) is 12.9. The van der Waals surface area contributed by atoms with Gasteiger partial charge in [0.2, 0.25) is 0 Å². The lowest BCUT2D eigenvalue weighted by Crippen LogP contribution is -2.44. The van der Waals surface area contributed by atoms with Gasteiger partial charge >= 0.3 is 5.97 Å². The van der Waals surface area contributed by atoms with Crippen molar-refractivity contribution in [3.8, 4) is 11.5 Å². The standard InChI is InChI=1S/C28H24N2O6S2/c1-2-22(27(33)34)36-23-11-7-6-10-20(23)16-24-26(32)30(28(37)38-24)29-25(31)19-12-14-21(15-13-19)35-17-18-8-4-3-5-9-18/h3-16,22H,2,17H2,1H3,(H,29,31)(H,33,34)/b24-16+. The van der Waals surface area contributed by atoms with Crippen molar-refractivity contribution in [1.82, 2.24) is 10.4 Å². The second kappa shape index (κ2) is 12.4. The van der Waals surface area contributed by atoms with Crippen molar-refractivity contribution in [2.45, 2.75) is 26.1 Å². The largest absolute Gasteiger partial charge is 0.489 e. The number of nitrogens with zero attached hydrogens (tertiary/aromatic N) is 1. The minimum Gasteiger partial charge on any atom is -0.489 e. The summed E-state index contributed by atoms with van der Waals surface area (Å²) < 4.78 is 11.5. The molecule has 1 heterocycles. The number of carboxylic acids is 1. The van der Waals surface area contributed by atoms with Crippen molar-refractivity contribution < 1.29 is 29.0 Å². The number of hydrogen-bond acceptors (Lipinski definition) is 7. The Balaban J connectivity index is 1.41. The molecule has 0 radical (unpaired) electrons. The molecule has 1 aliphatic rings. The molecule has 4 rings (SSSR count). The summed E-state index contributed by atoms with van der Waals surface area (Å²) in [5.41, 5.74) is 4.42. The van der Waals surface area contributed by atoms with Crippen LogP contribution in [0.15, 0.2) is 83.8 Å². The van der Waals surface area contributed by atoms with Crippen LogP contribution >= 0.6 is 24.0 Å². The maximum Gasteiger partial charge on any atom is 0.344 e. The number of thiocarbonyl (C=S) groups is 1. The average molecular weight is 549 g/mol. The molecule has 194 valence electrons. The Morgan fingerprint density at radius 3 is 2.42 bits per heavy atom. The maximum absolute atomic E-state index is 13.0. The van der Waals surface area contributed by atoms with Crippen LogP contribution in [0.4, 0.5) is 0 Å². The van der Waals surface area contributed by atoms with Crippen molar-refractivity contribution in [3.63, 3.8) is 0 Å². The van der Waals surface area contributed by atoms with Crippen molar-refractivity contribution >= 4 is 52.2 Å². The summed E-state index contributed by atoms with van der Waals surface area (Å²) in [4.78, 5) is 37.5. The van der Waals surface area contributed by atoms with Crippen LogP contribution in [0.5, 0.6) is 11.5 Å². The minimum absolute atomic E-state index is 0.160. The third-order valence-electron chi connectivity index (χ3n) is 5.49. The molecule has 1 saturated heterocycles. The Hall–Kier alpha value is -4.15. The molecule has 3 aromatic carbocycles. The predicted octanol–water partition coefficient (Wildman–Crippen LogP) is 5.05. The summed E-state index contributed by atoms with van der Waals surface area (Å²) in [6, 6.07) is 23.1. The minimum atomic E-state index is -1.08. The number of carbonyl (C=O) groups excluding carboxylic acids is 2. The van der Waals surface area contributed by atoms with E-state index in [1.807, 2.05) is 30.3 Å². The van der Waals surface area contributed by atoms with Crippen LogP contribution in [-0.2, 0) is 16.2 Å². The van der Waals surface area contributed by atoms with Gasteiger partial charge in [-0.2, -0.15) is 5.01 Å². The molecule has 3 aromatic rings. The van der Waals surface area contributed by atoms with Gasteiger partial charge in [0.1, 0.15) is 18.1 Å². The van der Waals surface area contributed by atoms with Gasteiger partial charge in [-0.15, -0.1) is 0 Å². The van der Waals surface area contributed by atoms with Crippen LogP contribution in [0.2, 0.25) is 0 Å². The number of thioether (sulfide) groups is 1. The highest BCUT2D eigenvalue weighted by atomic mass is 32.2. The van der Waals surface area contributed by atoms with Crippen LogP contribution in [0.3, 0.4) is 0 Å². The van der Waals surface area contributed by atoms with Crippen LogP contribution in [0, 0.1) is 0 Å². The fraction of sp³-hybridized carbons (Fsp3) is 0.143. The van der Waals surface area contributed by atoms with Crippen molar-refractivity contribution in [2.24, 2.45) is 0 Å². The van der Waals surface area contributed by atoms with Gasteiger partial charge < -0.3 is 14.6 Å². The van der Waals surface area contributed by atoms with Crippen LogP contribution < -0.4 is 14.9 Å². The Kier molecular flexibility index (Phi) is 8.77. The number of benzene rings is 3. The molecule has 0 aromatic heterocycles. The van der Waals surface area contributed by atoms with E-state index < -0.39 is 23.9 Å². The molecular weight excluding hydrogens is 524 g/mol. The molecule has 0 saturated carbocycles. The first-order valence-electron chi connectivity index (χ1n) is 11.7. The van der Waals surface area contributed by atoms with Gasteiger partial charge in [0.25, 0.3) is 11.8 Å². The van der Waals surface area contributed by atoms with Gasteiger partial charge in [-0.3, -0.25) is 15.0 Å². The fourth-order valence-corrected chi connectivity index (χ4v) is 4.65. The Bertz CT molecular complexity index is 1380. The molecule has 0 aliphatic carbocycles. The van der Waals surface area contributed by atoms with E-state index in [1.165, 1.54) is 0 Å². The van der Waals surface area contributed by atoms with Crippen LogP contribution in [0.1, 0.15) is 34.8 Å². The molecule has 1 fully saturated rings. The highest BCUT2D eigenvalue weighted by molar-refractivity contribution is 8.26. The third kappa shape index (κ3) is 6.58. The number of nitrogens with one attached hydrogen (secondary N) is 1. The smallest absolute Gasteiger partial charge is 0.344 e. The van der Waals surface area contributed by atoms with Gasteiger partial charge in [0.05, 0.1) is 4.91 Å². The number of hydrazine groups is 1. The second-order valence-corrected chi connectivity index (χ2v) is 9.82. The van der Waals surface area contributed by atoms with E-state index in [-0.39, 0.29) is 15.6 Å². The van der Waals surface area contributed by atoms with Gasteiger partial charge in [0.15, 0.2) is 10.4 Å². The van der Waals surface area contributed by atoms with Crippen molar-refractivity contribution in [2.75, 3.05) is 0 Å². The number of amides is 2. The van der Waals surface area contributed by atoms with Gasteiger partial charge in [-0.1, -0.05) is 67.2 Å². The zero-order chi connectivity index (χ0) is 27.1. The number of ether oxygens (including phenoxy) is 2. The van der Waals surface area contributed by atoms with E-state index in [9.17, 15) is 19.5 Å². The molecule has 8 nitrogen and oxygen atoms in total. The molecular formula is C28H24N2O6S2. The SMILES string of the molecule is CCC(Oc1ccccc1/C=C1/SC(=S)N(NC(=O)c2ccc(OCc3ccccc3)cc2)C1=O)C(=O)O. The maximum atomic E-state index is 13.0. The Morgan fingerprint density at radius 1 is 1.05 bits per heavy atom. The summed E-state index contributed by atoms with van der Waals surface area (Å²) in [6.07, 6.45) is 0.820. The number of aliphatic carboxylic acids is 1. The lowest BCUT2D eigenvalue weighted by atomic mass is 10.1. The summed E-state index contributed by atoms with van der Waals surface area (Å²) >= 11 is 6.34. The summed E-state index contributed by atoms with van der Waals surface area (Å²) in [7, 11) is 0. The lowest BCUT2D eigenvalue weighted by Gasteiger charge is -2.16. The van der Waals surface area contributed by atoms with Crippen LogP contribution in [-0.4, -0.2) is 38.3 Å². The average Bonchev–Trinajstić information content (AvgIpc) is 3.19. The van der Waals surface area contributed by atoms with E-state index in [2.05, 4.69) is 5.43 Å². The molecule has 0 bridgehead atoms. The van der Waals surface area contributed by atoms with E-state index in [4.69, 9.17) is 21.7 Å². The van der Waals surface area contributed by atoms with E-state index in [1.54, 1.807) is 61.5 Å².